The summed E-state index contributed by atoms with van der Waals surface area (Å²) in [6.07, 6.45) is 2.04. The van der Waals surface area contributed by atoms with Crippen LogP contribution < -0.4 is 16.2 Å². The van der Waals surface area contributed by atoms with Crippen LogP contribution in [0.15, 0.2) is 24.3 Å². The van der Waals surface area contributed by atoms with E-state index in [9.17, 15) is 4.79 Å². The molecule has 2 unspecified atom stereocenters. The van der Waals surface area contributed by atoms with Crippen LogP contribution in [-0.2, 0) is 4.79 Å². The van der Waals surface area contributed by atoms with Gasteiger partial charge in [0.15, 0.2) is 0 Å². The number of nitrogens with zero attached hydrogens (tertiary/aromatic N) is 1. The third kappa shape index (κ3) is 3.13. The Labute approximate surface area is 136 Å². The topological polar surface area (TPSA) is 56.4 Å². The van der Waals surface area contributed by atoms with Crippen LogP contribution in [0.5, 0.6) is 0 Å². The summed E-state index contributed by atoms with van der Waals surface area (Å²) in [6.45, 7) is 2.30. The lowest BCUT2D eigenvalue weighted by Gasteiger charge is -2.34. The Bertz CT molecular complexity index is 531. The number of amides is 1. The maximum atomic E-state index is 12.9. The van der Waals surface area contributed by atoms with Gasteiger partial charge in [-0.15, -0.1) is 0 Å². The Kier molecular flexibility index (Phi) is 4.98. The van der Waals surface area contributed by atoms with Gasteiger partial charge in [0.05, 0.1) is 12.0 Å². The summed E-state index contributed by atoms with van der Waals surface area (Å²) in [4.78, 5) is 14.9. The second-order valence-electron chi connectivity index (χ2n) is 6.02. The molecule has 120 valence electrons. The average Bonchev–Trinajstić information content (AvgIpc) is 3.04. The van der Waals surface area contributed by atoms with E-state index >= 15 is 0 Å². The van der Waals surface area contributed by atoms with Crippen molar-refractivity contribution in [1.29, 1.82) is 0 Å². The molecule has 0 aliphatic carbocycles. The van der Waals surface area contributed by atoms with Gasteiger partial charge in [0.2, 0.25) is 5.91 Å². The van der Waals surface area contributed by atoms with E-state index in [-0.39, 0.29) is 17.9 Å². The molecule has 2 fully saturated rings. The van der Waals surface area contributed by atoms with Crippen LogP contribution in [0.3, 0.4) is 0 Å². The van der Waals surface area contributed by atoms with E-state index in [1.54, 1.807) is 0 Å². The fraction of sp³-hybridized carbons (Fsp3) is 0.562. The number of hydrogen-bond donors (Lipinski definition) is 3. The molecule has 2 saturated heterocycles. The predicted octanol–water partition coefficient (Wildman–Crippen LogP) is 1.32. The summed E-state index contributed by atoms with van der Waals surface area (Å²) < 4.78 is 0. The normalized spacial score (nSPS) is 26.4. The number of piperidine rings is 1. The van der Waals surface area contributed by atoms with Crippen molar-refractivity contribution >= 4 is 17.5 Å². The quantitative estimate of drug-likeness (QED) is 0.785. The number of carbonyl (C=O) groups excluding carboxylic acids is 1. The molecule has 1 amide bonds. The second kappa shape index (κ2) is 6.96. The van der Waals surface area contributed by atoms with Crippen LogP contribution in [0.25, 0.3) is 0 Å². The van der Waals surface area contributed by atoms with Gasteiger partial charge in [-0.2, -0.15) is 0 Å². The zero-order valence-electron chi connectivity index (χ0n) is 12.8. The monoisotopic (exact) mass is 322 g/mol. The van der Waals surface area contributed by atoms with E-state index in [0.717, 1.165) is 31.5 Å². The van der Waals surface area contributed by atoms with Gasteiger partial charge in [0, 0.05) is 30.7 Å². The predicted molar refractivity (Wildman–Crippen MR) is 87.5 cm³/mol. The highest BCUT2D eigenvalue weighted by Gasteiger charge is 2.38. The minimum atomic E-state index is -0.106. The number of likely N-dealkylation sites (tertiary alicyclic amines) is 1. The first-order valence-electron chi connectivity index (χ1n) is 7.89. The molecule has 2 aliphatic rings. The molecule has 3 N–H and O–H groups in total. The van der Waals surface area contributed by atoms with E-state index in [1.165, 1.54) is 0 Å². The SMILES string of the molecule is CNC1CCN(C(=O)C2CNNC2c2ccccc2Cl)CC1. The van der Waals surface area contributed by atoms with Gasteiger partial charge < -0.3 is 10.2 Å². The summed E-state index contributed by atoms with van der Waals surface area (Å²) in [7, 11) is 1.99. The molecule has 2 atom stereocenters. The van der Waals surface area contributed by atoms with Crippen LogP contribution in [0.4, 0.5) is 0 Å². The van der Waals surface area contributed by atoms with Crippen molar-refractivity contribution in [2.24, 2.45) is 5.92 Å². The maximum Gasteiger partial charge on any atom is 0.229 e. The molecule has 5 nitrogen and oxygen atoms in total. The van der Waals surface area contributed by atoms with Crippen molar-refractivity contribution in [2.75, 3.05) is 26.7 Å². The number of nitrogens with one attached hydrogen (secondary N) is 3. The molecule has 0 bridgehead atoms. The van der Waals surface area contributed by atoms with Crippen molar-refractivity contribution in [2.45, 2.75) is 24.9 Å². The summed E-state index contributed by atoms with van der Waals surface area (Å²) in [5.74, 6) is 0.114. The molecule has 1 aromatic carbocycles. The lowest BCUT2D eigenvalue weighted by molar-refractivity contribution is -0.136. The third-order valence-electron chi connectivity index (χ3n) is 4.75. The minimum absolute atomic E-state index is 0.0665. The molecule has 0 spiro atoms. The molecule has 2 aliphatic heterocycles. The largest absolute Gasteiger partial charge is 0.342 e. The Balaban J connectivity index is 1.71. The van der Waals surface area contributed by atoms with Gasteiger partial charge in [-0.05, 0) is 31.5 Å². The zero-order valence-corrected chi connectivity index (χ0v) is 13.6. The molecule has 3 rings (SSSR count). The summed E-state index contributed by atoms with van der Waals surface area (Å²) in [6, 6.07) is 8.19. The highest BCUT2D eigenvalue weighted by atomic mass is 35.5. The first kappa shape index (κ1) is 15.7. The summed E-state index contributed by atoms with van der Waals surface area (Å²) >= 11 is 6.30. The van der Waals surface area contributed by atoms with Gasteiger partial charge >= 0.3 is 0 Å². The van der Waals surface area contributed by atoms with Crippen molar-refractivity contribution in [3.63, 3.8) is 0 Å². The van der Waals surface area contributed by atoms with Gasteiger partial charge in [-0.1, -0.05) is 29.8 Å². The van der Waals surface area contributed by atoms with Gasteiger partial charge in [0.25, 0.3) is 0 Å². The van der Waals surface area contributed by atoms with Crippen molar-refractivity contribution < 1.29 is 4.79 Å². The van der Waals surface area contributed by atoms with Gasteiger partial charge in [-0.3, -0.25) is 10.2 Å². The lowest BCUT2D eigenvalue weighted by atomic mass is 9.92. The van der Waals surface area contributed by atoms with Crippen molar-refractivity contribution in [3.8, 4) is 0 Å². The fourth-order valence-electron chi connectivity index (χ4n) is 3.37. The molecule has 0 saturated carbocycles. The molecule has 22 heavy (non-hydrogen) atoms. The standard InChI is InChI=1S/C16H23ClN4O/c1-18-11-6-8-21(9-7-11)16(22)13-10-19-20-15(13)12-4-2-3-5-14(12)17/h2-5,11,13,15,18-20H,6-10H2,1H3. The van der Waals surface area contributed by atoms with E-state index in [4.69, 9.17) is 11.6 Å². The zero-order chi connectivity index (χ0) is 15.5. The second-order valence-corrected chi connectivity index (χ2v) is 6.43. The Morgan fingerprint density at radius 1 is 1.32 bits per heavy atom. The van der Waals surface area contributed by atoms with Crippen LogP contribution in [-0.4, -0.2) is 43.5 Å². The summed E-state index contributed by atoms with van der Waals surface area (Å²) in [5, 5.41) is 4.00. The first-order chi connectivity index (χ1) is 10.7. The van der Waals surface area contributed by atoms with Crippen LogP contribution in [0, 0.1) is 5.92 Å². The van der Waals surface area contributed by atoms with Gasteiger partial charge in [0.1, 0.15) is 0 Å². The van der Waals surface area contributed by atoms with Crippen molar-refractivity contribution in [3.05, 3.63) is 34.9 Å². The number of carbonyl (C=O) groups is 1. The van der Waals surface area contributed by atoms with Gasteiger partial charge in [-0.25, -0.2) is 5.43 Å². The third-order valence-corrected chi connectivity index (χ3v) is 5.10. The average molecular weight is 323 g/mol. The van der Waals surface area contributed by atoms with Crippen LogP contribution >= 0.6 is 11.6 Å². The number of hydrogen-bond acceptors (Lipinski definition) is 4. The van der Waals surface area contributed by atoms with E-state index in [2.05, 4.69) is 16.2 Å². The molecule has 1 aromatic rings. The maximum absolute atomic E-state index is 12.9. The number of halogens is 1. The molecule has 0 aromatic heterocycles. The smallest absolute Gasteiger partial charge is 0.229 e. The molecule has 6 heteroatoms. The molecular formula is C16H23ClN4O. The minimum Gasteiger partial charge on any atom is -0.342 e. The van der Waals surface area contributed by atoms with E-state index < -0.39 is 0 Å². The Morgan fingerprint density at radius 3 is 2.73 bits per heavy atom. The van der Waals surface area contributed by atoms with Crippen LogP contribution in [0.2, 0.25) is 5.02 Å². The number of hydrazine groups is 1. The van der Waals surface area contributed by atoms with Crippen molar-refractivity contribution in [1.82, 2.24) is 21.1 Å². The molecule has 0 radical (unpaired) electrons. The Hall–Kier alpha value is -1.14. The highest BCUT2D eigenvalue weighted by Crippen LogP contribution is 2.31. The summed E-state index contributed by atoms with van der Waals surface area (Å²) in [5.41, 5.74) is 7.31. The number of benzene rings is 1. The number of rotatable bonds is 3. The first-order valence-corrected chi connectivity index (χ1v) is 8.27. The highest BCUT2D eigenvalue weighted by molar-refractivity contribution is 6.31. The van der Waals surface area contributed by atoms with E-state index in [1.807, 2.05) is 36.2 Å². The fourth-order valence-corrected chi connectivity index (χ4v) is 3.63. The Morgan fingerprint density at radius 2 is 2.05 bits per heavy atom. The van der Waals surface area contributed by atoms with E-state index in [0.29, 0.717) is 17.6 Å². The van der Waals surface area contributed by atoms with Crippen LogP contribution in [0.1, 0.15) is 24.4 Å². The lowest BCUT2D eigenvalue weighted by Crippen LogP contribution is -2.47. The molecule has 2 heterocycles. The molecular weight excluding hydrogens is 300 g/mol.